The number of amides is 3. The molecule has 144 valence electrons. The lowest BCUT2D eigenvalue weighted by Crippen LogP contribution is -2.35. The van der Waals surface area contributed by atoms with Crippen molar-refractivity contribution in [1.29, 1.82) is 0 Å². The molecule has 0 aromatic heterocycles. The first-order valence-electron chi connectivity index (χ1n) is 7.12. The molecule has 5 nitrogen and oxygen atoms in total. The van der Waals surface area contributed by atoms with E-state index in [1.165, 1.54) is 36.4 Å². The molecule has 0 radical (unpaired) electrons. The van der Waals surface area contributed by atoms with Gasteiger partial charge in [0.1, 0.15) is 5.75 Å². The van der Waals surface area contributed by atoms with Crippen LogP contribution in [0, 0.1) is 0 Å². The maximum Gasteiger partial charge on any atom is 0.428 e. The zero-order chi connectivity index (χ0) is 20.2. The quantitative estimate of drug-likeness (QED) is 0.563. The minimum atomic E-state index is -3.90. The Kier molecular flexibility index (Phi) is 7.11. The van der Waals surface area contributed by atoms with Crippen LogP contribution in [0.15, 0.2) is 42.5 Å². The zero-order valence-electron chi connectivity index (χ0n) is 13.1. The van der Waals surface area contributed by atoms with E-state index in [2.05, 4.69) is 10.1 Å². The van der Waals surface area contributed by atoms with Crippen LogP contribution >= 0.6 is 46.4 Å². The average Bonchev–Trinajstić information content (AvgIpc) is 2.56. The summed E-state index contributed by atoms with van der Waals surface area (Å²) in [5.41, 5.74) is -0.263. The summed E-state index contributed by atoms with van der Waals surface area (Å²) in [6.07, 6.45) is -3.90. The van der Waals surface area contributed by atoms with Crippen LogP contribution in [0.25, 0.3) is 0 Å². The number of ether oxygens (including phenoxy) is 1. The van der Waals surface area contributed by atoms with Gasteiger partial charge in [-0.2, -0.15) is 8.78 Å². The number of hydrogen-bond acceptors (Lipinski definition) is 3. The summed E-state index contributed by atoms with van der Waals surface area (Å²) in [6.45, 7) is 0. The molecule has 0 aliphatic carbocycles. The molecule has 0 aliphatic heterocycles. The summed E-state index contributed by atoms with van der Waals surface area (Å²) >= 11 is 22.1. The molecular formula is C16H10Cl4F2N2O3. The van der Waals surface area contributed by atoms with Gasteiger partial charge >= 0.3 is 12.1 Å². The van der Waals surface area contributed by atoms with E-state index in [0.29, 0.717) is 0 Å². The Hall–Kier alpha value is -1.80. The van der Waals surface area contributed by atoms with Crippen LogP contribution in [-0.4, -0.2) is 22.9 Å². The number of anilines is 1. The number of carbonyl (C=O) groups excluding carboxylic acids is 2. The Morgan fingerprint density at radius 3 is 2.19 bits per heavy atom. The summed E-state index contributed by atoms with van der Waals surface area (Å²) in [6, 6.07) is 8.61. The summed E-state index contributed by atoms with van der Waals surface area (Å²) in [4.78, 5) is 22.1. The van der Waals surface area contributed by atoms with E-state index in [9.17, 15) is 18.4 Å². The second-order valence-corrected chi connectivity index (χ2v) is 6.88. The molecule has 3 amide bonds. The van der Waals surface area contributed by atoms with Gasteiger partial charge in [-0.3, -0.25) is 10.1 Å². The van der Waals surface area contributed by atoms with Gasteiger partial charge in [0.05, 0.1) is 21.3 Å². The molecular weight excluding hydrogens is 448 g/mol. The molecule has 0 atom stereocenters. The Bertz CT molecular complexity index is 845. The molecule has 0 fully saturated rings. The van der Waals surface area contributed by atoms with Gasteiger partial charge in [0.2, 0.25) is 4.84 Å². The third kappa shape index (κ3) is 5.59. The molecule has 0 spiro atoms. The molecule has 2 rings (SSSR count). The van der Waals surface area contributed by atoms with E-state index in [-0.39, 0.29) is 21.3 Å². The van der Waals surface area contributed by atoms with Crippen LogP contribution in [-0.2, 0) is 0 Å². The first kappa shape index (κ1) is 21.5. The number of imide groups is 1. The molecule has 0 bridgehead atoms. The van der Waals surface area contributed by atoms with E-state index < -0.39 is 28.6 Å². The van der Waals surface area contributed by atoms with Gasteiger partial charge in [-0.05, 0) is 24.3 Å². The van der Waals surface area contributed by atoms with Crippen LogP contribution in [0.2, 0.25) is 10.0 Å². The van der Waals surface area contributed by atoms with E-state index in [4.69, 9.17) is 46.4 Å². The second kappa shape index (κ2) is 8.93. The summed E-state index contributed by atoms with van der Waals surface area (Å²) < 4.78 is 31.6. The van der Waals surface area contributed by atoms with Crippen LogP contribution in [0.3, 0.4) is 0 Å². The number of carbonyl (C=O) groups is 2. The van der Waals surface area contributed by atoms with Crippen LogP contribution < -0.4 is 15.4 Å². The van der Waals surface area contributed by atoms with Crippen molar-refractivity contribution in [3.63, 3.8) is 0 Å². The van der Waals surface area contributed by atoms with Gasteiger partial charge in [-0.1, -0.05) is 64.6 Å². The lowest BCUT2D eigenvalue weighted by molar-refractivity contribution is -0.163. The number of para-hydroxylation sites is 2. The predicted molar refractivity (Wildman–Crippen MR) is 100 cm³/mol. The van der Waals surface area contributed by atoms with Crippen molar-refractivity contribution in [3.05, 3.63) is 58.1 Å². The number of benzene rings is 2. The first-order valence-corrected chi connectivity index (χ1v) is 8.75. The number of nitrogens with one attached hydrogen (secondary N) is 2. The van der Waals surface area contributed by atoms with Gasteiger partial charge < -0.3 is 10.1 Å². The molecule has 0 saturated heterocycles. The molecule has 0 heterocycles. The molecule has 2 N–H and O–H groups in total. The summed E-state index contributed by atoms with van der Waals surface area (Å²) in [5.74, 6) is -1.29. The highest BCUT2D eigenvalue weighted by Gasteiger charge is 2.40. The van der Waals surface area contributed by atoms with Crippen molar-refractivity contribution in [2.45, 2.75) is 10.9 Å². The Morgan fingerprint density at radius 1 is 1.00 bits per heavy atom. The van der Waals surface area contributed by atoms with Crippen LogP contribution in [0.1, 0.15) is 10.4 Å². The molecule has 27 heavy (non-hydrogen) atoms. The smallest absolute Gasteiger partial charge is 0.428 e. The van der Waals surface area contributed by atoms with Crippen LogP contribution in [0.5, 0.6) is 5.75 Å². The van der Waals surface area contributed by atoms with E-state index >= 15 is 0 Å². The zero-order valence-corrected chi connectivity index (χ0v) is 16.1. The van der Waals surface area contributed by atoms with Crippen molar-refractivity contribution in [2.24, 2.45) is 0 Å². The lowest BCUT2D eigenvalue weighted by Gasteiger charge is -2.20. The average molecular weight is 458 g/mol. The van der Waals surface area contributed by atoms with Gasteiger partial charge in [0.15, 0.2) is 0 Å². The highest BCUT2D eigenvalue weighted by atomic mass is 35.5. The number of alkyl halides is 4. The number of hydrogen-bond donors (Lipinski definition) is 2. The fourth-order valence-electron chi connectivity index (χ4n) is 1.88. The normalized spacial score (nSPS) is 11.2. The minimum Gasteiger partial charge on any atom is -0.428 e. The lowest BCUT2D eigenvalue weighted by atomic mass is 10.2. The third-order valence-corrected chi connectivity index (χ3v) is 4.19. The third-order valence-electron chi connectivity index (χ3n) is 3.05. The summed E-state index contributed by atoms with van der Waals surface area (Å²) in [5, 5.41) is 4.26. The number of halogens is 6. The van der Waals surface area contributed by atoms with Gasteiger partial charge in [0, 0.05) is 0 Å². The molecule has 11 heteroatoms. The van der Waals surface area contributed by atoms with Gasteiger partial charge in [0.25, 0.3) is 5.91 Å². The highest BCUT2D eigenvalue weighted by Crippen LogP contribution is 2.34. The predicted octanol–water partition coefficient (Wildman–Crippen LogP) is 5.73. The molecule has 0 aliphatic rings. The molecule has 0 saturated carbocycles. The van der Waals surface area contributed by atoms with E-state index in [0.717, 1.165) is 6.07 Å². The minimum absolute atomic E-state index is 0.0337. The molecule has 0 unspecified atom stereocenters. The van der Waals surface area contributed by atoms with Gasteiger partial charge in [-0.15, -0.1) is 0 Å². The van der Waals surface area contributed by atoms with E-state index in [1.807, 2.05) is 5.32 Å². The van der Waals surface area contributed by atoms with Crippen molar-refractivity contribution < 1.29 is 23.1 Å². The maximum atomic E-state index is 13.6. The first-order chi connectivity index (χ1) is 12.6. The van der Waals surface area contributed by atoms with E-state index in [1.54, 1.807) is 0 Å². The largest absolute Gasteiger partial charge is 0.428 e. The monoisotopic (exact) mass is 456 g/mol. The van der Waals surface area contributed by atoms with Crippen molar-refractivity contribution in [2.75, 3.05) is 5.32 Å². The highest BCUT2D eigenvalue weighted by molar-refractivity contribution is 6.44. The standard InChI is InChI=1S/C16H10Cl4F2N2O3/c17-8-4-3-5-9(18)12(8)13(25)24-15(26)23-10-6-1-2-7-11(10)27-16(21,22)14(19)20/h1-7,14H,(H2,23,24,25,26). The summed E-state index contributed by atoms with van der Waals surface area (Å²) in [7, 11) is 0. The molecule has 2 aromatic carbocycles. The molecule has 2 aromatic rings. The topological polar surface area (TPSA) is 67.4 Å². The van der Waals surface area contributed by atoms with Crippen molar-refractivity contribution >= 4 is 64.0 Å². The fourth-order valence-corrected chi connectivity index (χ4v) is 2.54. The Morgan fingerprint density at radius 2 is 1.59 bits per heavy atom. The van der Waals surface area contributed by atoms with Gasteiger partial charge in [-0.25, -0.2) is 4.79 Å². The maximum absolute atomic E-state index is 13.6. The van der Waals surface area contributed by atoms with Crippen LogP contribution in [0.4, 0.5) is 19.3 Å². The Labute approximate surface area is 172 Å². The SMILES string of the molecule is O=C(NC(=O)c1c(Cl)cccc1Cl)Nc1ccccc1OC(F)(F)C(Cl)Cl. The number of rotatable bonds is 5. The fraction of sp³-hybridized carbons (Fsp3) is 0.125. The number of urea groups is 1. The second-order valence-electron chi connectivity index (χ2n) is 4.97. The van der Waals surface area contributed by atoms with Crippen molar-refractivity contribution in [3.8, 4) is 5.75 Å². The Balaban J connectivity index is 2.14. The van der Waals surface area contributed by atoms with Crippen molar-refractivity contribution in [1.82, 2.24) is 5.32 Å².